The van der Waals surface area contributed by atoms with Crippen LogP contribution < -0.4 is 5.32 Å². The van der Waals surface area contributed by atoms with E-state index in [9.17, 15) is 30.3 Å². The van der Waals surface area contributed by atoms with Gasteiger partial charge in [0.25, 0.3) is 0 Å². The molecule has 1 aliphatic rings. The molecule has 0 aliphatic carbocycles. The Balaban J connectivity index is 2.12. The number of amides is 1. The third kappa shape index (κ3) is 50.8. The van der Waals surface area contributed by atoms with Crippen molar-refractivity contribution in [1.29, 1.82) is 0 Å². The Morgan fingerprint density at radius 2 is 0.695 bits per heavy atom. The number of unbranched alkanes of at least 4 members (excludes halogenated alkanes) is 53. The van der Waals surface area contributed by atoms with Crippen LogP contribution in [0.15, 0.2) is 24.3 Å². The fourth-order valence-electron chi connectivity index (χ4n) is 12.1. The molecule has 0 radical (unpaired) electrons. The second-order valence-electron chi connectivity index (χ2n) is 25.7. The van der Waals surface area contributed by atoms with Crippen molar-refractivity contribution in [2.24, 2.45) is 0 Å². The minimum atomic E-state index is -1.57. The molecule has 0 spiro atoms. The fourth-order valence-corrected chi connectivity index (χ4v) is 12.1. The van der Waals surface area contributed by atoms with Crippen molar-refractivity contribution < 1.29 is 39.8 Å². The van der Waals surface area contributed by atoms with E-state index in [1.807, 2.05) is 6.08 Å². The summed E-state index contributed by atoms with van der Waals surface area (Å²) in [4.78, 5) is 13.1. The molecule has 1 saturated heterocycles. The second-order valence-corrected chi connectivity index (χ2v) is 25.7. The first-order valence-electron chi connectivity index (χ1n) is 36.6. The minimum absolute atomic E-state index is 0.177. The molecule has 1 amide bonds. The topological polar surface area (TPSA) is 149 Å². The molecule has 82 heavy (non-hydrogen) atoms. The predicted molar refractivity (Wildman–Crippen MR) is 350 cm³/mol. The van der Waals surface area contributed by atoms with E-state index in [-0.39, 0.29) is 12.5 Å². The molecule has 9 nitrogen and oxygen atoms in total. The number of rotatable bonds is 65. The normalized spacial score (nSPS) is 18.4. The van der Waals surface area contributed by atoms with E-state index < -0.39 is 49.5 Å². The molecule has 1 aliphatic heterocycles. The maximum atomic E-state index is 13.1. The first-order chi connectivity index (χ1) is 40.3. The number of aliphatic hydroxyl groups is 5. The van der Waals surface area contributed by atoms with E-state index in [2.05, 4.69) is 31.3 Å². The zero-order valence-corrected chi connectivity index (χ0v) is 54.5. The van der Waals surface area contributed by atoms with Crippen LogP contribution in [-0.4, -0.2) is 87.5 Å². The molecule has 7 atom stereocenters. The zero-order chi connectivity index (χ0) is 59.3. The monoisotopic (exact) mass is 1160 g/mol. The maximum absolute atomic E-state index is 13.1. The summed E-state index contributed by atoms with van der Waals surface area (Å²) in [6, 6.07) is -0.820. The van der Waals surface area contributed by atoms with Crippen molar-refractivity contribution >= 4 is 5.91 Å². The fraction of sp³-hybridized carbons (Fsp3) is 0.932. The molecule has 6 N–H and O–H groups in total. The summed E-state index contributed by atoms with van der Waals surface area (Å²) in [7, 11) is 0. The van der Waals surface area contributed by atoms with E-state index in [1.54, 1.807) is 6.08 Å². The summed E-state index contributed by atoms with van der Waals surface area (Å²) in [6.45, 7) is 3.83. The molecule has 7 unspecified atom stereocenters. The average molecular weight is 1160 g/mol. The van der Waals surface area contributed by atoms with Gasteiger partial charge in [-0.3, -0.25) is 4.79 Å². The number of hydrogen-bond donors (Lipinski definition) is 6. The van der Waals surface area contributed by atoms with Crippen LogP contribution in [-0.2, 0) is 14.3 Å². The molecule has 0 bridgehead atoms. The second kappa shape index (κ2) is 62.7. The molecule has 9 heteroatoms. The molecule has 1 heterocycles. The summed E-state index contributed by atoms with van der Waals surface area (Å²) in [5.41, 5.74) is 0. The van der Waals surface area contributed by atoms with Crippen LogP contribution in [0.1, 0.15) is 380 Å². The molecule has 0 aromatic rings. The van der Waals surface area contributed by atoms with Crippen molar-refractivity contribution in [2.75, 3.05) is 13.2 Å². The number of carbonyl (C=O) groups excluding carboxylic acids is 1. The zero-order valence-electron chi connectivity index (χ0n) is 54.5. The Morgan fingerprint density at radius 3 is 1.02 bits per heavy atom. The first kappa shape index (κ1) is 78.7. The lowest BCUT2D eigenvalue weighted by Gasteiger charge is -2.40. The summed E-state index contributed by atoms with van der Waals surface area (Å²) < 4.78 is 11.3. The van der Waals surface area contributed by atoms with Gasteiger partial charge in [0, 0.05) is 6.42 Å². The highest BCUT2D eigenvalue weighted by molar-refractivity contribution is 5.76. The van der Waals surface area contributed by atoms with Gasteiger partial charge in [-0.1, -0.05) is 366 Å². The Kier molecular flexibility index (Phi) is 60.2. The molecular weight excluding hydrogens is 1020 g/mol. The number of allylic oxidation sites excluding steroid dienone is 3. The number of ether oxygens (including phenoxy) is 2. The number of aliphatic hydroxyl groups excluding tert-OH is 5. The van der Waals surface area contributed by atoms with E-state index in [0.717, 1.165) is 38.5 Å². The lowest BCUT2D eigenvalue weighted by Crippen LogP contribution is -2.60. The van der Waals surface area contributed by atoms with E-state index in [4.69, 9.17) is 9.47 Å². The van der Waals surface area contributed by atoms with Crippen LogP contribution in [0, 0.1) is 0 Å². The van der Waals surface area contributed by atoms with Gasteiger partial charge < -0.3 is 40.3 Å². The number of nitrogens with one attached hydrogen (secondary N) is 1. The molecule has 0 aromatic carbocycles. The number of carbonyl (C=O) groups is 1. The summed E-state index contributed by atoms with van der Waals surface area (Å²) in [5, 5.41) is 54.8. The van der Waals surface area contributed by atoms with Gasteiger partial charge >= 0.3 is 0 Å². The molecule has 0 aromatic heterocycles. The van der Waals surface area contributed by atoms with Crippen LogP contribution in [0.4, 0.5) is 0 Å². The lowest BCUT2D eigenvalue weighted by molar-refractivity contribution is -0.302. The maximum Gasteiger partial charge on any atom is 0.220 e. The minimum Gasteiger partial charge on any atom is -0.394 e. The first-order valence-corrected chi connectivity index (χ1v) is 36.6. The van der Waals surface area contributed by atoms with Crippen LogP contribution in [0.2, 0.25) is 0 Å². The van der Waals surface area contributed by atoms with Gasteiger partial charge in [-0.2, -0.15) is 0 Å². The van der Waals surface area contributed by atoms with Gasteiger partial charge in [0.1, 0.15) is 24.4 Å². The molecule has 1 rings (SSSR count). The van der Waals surface area contributed by atoms with Gasteiger partial charge in [0.2, 0.25) is 5.91 Å². The molecule has 1 fully saturated rings. The van der Waals surface area contributed by atoms with Crippen molar-refractivity contribution in [2.45, 2.75) is 423 Å². The quantitative estimate of drug-likeness (QED) is 0.0261. The third-order valence-electron chi connectivity index (χ3n) is 17.8. The van der Waals surface area contributed by atoms with Gasteiger partial charge in [-0.25, -0.2) is 0 Å². The van der Waals surface area contributed by atoms with Gasteiger partial charge in [0.15, 0.2) is 6.29 Å². The van der Waals surface area contributed by atoms with Gasteiger partial charge in [-0.05, 0) is 32.1 Å². The van der Waals surface area contributed by atoms with E-state index in [1.165, 1.54) is 321 Å². The van der Waals surface area contributed by atoms with E-state index >= 15 is 0 Å². The number of hydrogen-bond acceptors (Lipinski definition) is 8. The highest BCUT2D eigenvalue weighted by Gasteiger charge is 2.44. The smallest absolute Gasteiger partial charge is 0.220 e. The van der Waals surface area contributed by atoms with Crippen molar-refractivity contribution in [3.8, 4) is 0 Å². The Morgan fingerprint density at radius 1 is 0.402 bits per heavy atom. The van der Waals surface area contributed by atoms with E-state index in [0.29, 0.717) is 6.42 Å². The third-order valence-corrected chi connectivity index (χ3v) is 17.8. The van der Waals surface area contributed by atoms with Crippen LogP contribution >= 0.6 is 0 Å². The predicted octanol–water partition coefficient (Wildman–Crippen LogP) is 20.0. The van der Waals surface area contributed by atoms with Crippen molar-refractivity contribution in [3.63, 3.8) is 0 Å². The van der Waals surface area contributed by atoms with Gasteiger partial charge in [0.05, 0.1) is 25.4 Å². The van der Waals surface area contributed by atoms with Gasteiger partial charge in [-0.15, -0.1) is 0 Å². The Hall–Kier alpha value is -1.33. The molecule has 486 valence electrons. The lowest BCUT2D eigenvalue weighted by atomic mass is 9.99. The largest absolute Gasteiger partial charge is 0.394 e. The standard InChI is InChI=1S/C73H141NO8/c1-3-5-7-9-11-13-15-17-19-21-23-25-27-29-31-33-34-35-36-38-40-42-44-46-48-50-52-54-56-58-60-62-67(76)66(65-81-73-72(80)71(79)70(78)68(64-75)82-73)74-69(77)63-61-59-57-55-53-51-49-47-45-43-41-39-37-32-30-28-26-24-22-20-18-16-14-12-10-8-6-4-2/h52,54,60,62,66-68,70-73,75-76,78-80H,3-51,53,55-59,61,63-65H2,1-2H3,(H,74,77)/b54-52+,62-60+. The summed E-state index contributed by atoms with van der Waals surface area (Å²) in [6.07, 6.45) is 75.9. The summed E-state index contributed by atoms with van der Waals surface area (Å²) >= 11 is 0. The van der Waals surface area contributed by atoms with Crippen molar-refractivity contribution in [3.05, 3.63) is 24.3 Å². The van der Waals surface area contributed by atoms with Crippen LogP contribution in [0.25, 0.3) is 0 Å². The summed E-state index contributed by atoms with van der Waals surface area (Å²) in [5.74, 6) is -0.177. The van der Waals surface area contributed by atoms with Crippen LogP contribution in [0.5, 0.6) is 0 Å². The Bertz CT molecular complexity index is 1340. The Labute approximate surface area is 509 Å². The average Bonchev–Trinajstić information content (AvgIpc) is 3.57. The molecular formula is C73H141NO8. The SMILES string of the molecule is CCCCCCCCCCCCCCCCCCCCCCCCCCC/C=C/CC/C=C/C(O)C(COC1OC(CO)C(O)C(O)C1O)NC(=O)CCCCCCCCCCCCCCCCCCCCCCCCCCCCCC. The highest BCUT2D eigenvalue weighted by atomic mass is 16.7. The van der Waals surface area contributed by atoms with Crippen LogP contribution in [0.3, 0.4) is 0 Å². The van der Waals surface area contributed by atoms with Crippen molar-refractivity contribution in [1.82, 2.24) is 5.32 Å². The highest BCUT2D eigenvalue weighted by Crippen LogP contribution is 2.24. The molecule has 0 saturated carbocycles.